The number of benzene rings is 1. The predicted molar refractivity (Wildman–Crippen MR) is 83.3 cm³/mol. The molecule has 0 saturated carbocycles. The van der Waals surface area contributed by atoms with E-state index >= 15 is 0 Å². The second kappa shape index (κ2) is 6.83. The molecule has 2 rings (SSSR count). The van der Waals surface area contributed by atoms with E-state index in [0.29, 0.717) is 26.5 Å². The van der Waals surface area contributed by atoms with Gasteiger partial charge in [-0.05, 0) is 19.1 Å². The van der Waals surface area contributed by atoms with Gasteiger partial charge < -0.3 is 14.2 Å². The van der Waals surface area contributed by atoms with Crippen molar-refractivity contribution in [1.82, 2.24) is 0 Å². The first kappa shape index (κ1) is 15.7. The topological polar surface area (TPSA) is 44.8 Å². The van der Waals surface area contributed by atoms with Crippen LogP contribution in [0.4, 0.5) is 0 Å². The Morgan fingerprint density at radius 2 is 1.67 bits per heavy atom. The number of hydrogen-bond acceptors (Lipinski definition) is 5. The van der Waals surface area contributed by atoms with Gasteiger partial charge in [0.05, 0.1) is 23.4 Å². The molecule has 1 aromatic heterocycles. The molecule has 112 valence electrons. The van der Waals surface area contributed by atoms with E-state index < -0.39 is 6.10 Å². The van der Waals surface area contributed by atoms with Crippen LogP contribution in [0.5, 0.6) is 17.2 Å². The van der Waals surface area contributed by atoms with Crippen molar-refractivity contribution >= 4 is 28.7 Å². The van der Waals surface area contributed by atoms with Crippen LogP contribution >= 0.6 is 22.9 Å². The first-order chi connectivity index (χ1) is 10.0. The molecule has 1 heterocycles. The van der Waals surface area contributed by atoms with Gasteiger partial charge in [-0.2, -0.15) is 0 Å². The fraction of sp³-hybridized carbons (Fsp3) is 0.267. The molecule has 0 saturated heterocycles. The minimum Gasteiger partial charge on any atom is -0.496 e. The van der Waals surface area contributed by atoms with Gasteiger partial charge >= 0.3 is 0 Å². The number of Topliss-reactive ketones (excluding diaryl/α,β-unsaturated/α-hetero) is 1. The molecule has 0 fully saturated rings. The summed E-state index contributed by atoms with van der Waals surface area (Å²) in [5.74, 6) is 1.59. The minimum atomic E-state index is -0.628. The van der Waals surface area contributed by atoms with E-state index in [-0.39, 0.29) is 5.78 Å². The molecule has 1 atom stereocenters. The van der Waals surface area contributed by atoms with Crippen molar-refractivity contribution in [2.45, 2.75) is 13.0 Å². The van der Waals surface area contributed by atoms with Crippen LogP contribution < -0.4 is 14.2 Å². The van der Waals surface area contributed by atoms with Gasteiger partial charge in [-0.25, -0.2) is 0 Å². The summed E-state index contributed by atoms with van der Waals surface area (Å²) in [6, 6.07) is 8.53. The molecule has 1 aromatic carbocycles. The molecule has 0 spiro atoms. The lowest BCUT2D eigenvalue weighted by Gasteiger charge is -2.14. The Bertz CT molecular complexity index is 616. The molecule has 0 aliphatic rings. The van der Waals surface area contributed by atoms with Crippen LogP contribution in [-0.4, -0.2) is 26.1 Å². The zero-order chi connectivity index (χ0) is 15.4. The number of methoxy groups -OCH3 is 2. The van der Waals surface area contributed by atoms with E-state index in [9.17, 15) is 4.79 Å². The molecule has 0 amide bonds. The minimum absolute atomic E-state index is 0.117. The Morgan fingerprint density at radius 1 is 1.10 bits per heavy atom. The zero-order valence-electron chi connectivity index (χ0n) is 11.9. The Hall–Kier alpha value is -1.72. The van der Waals surface area contributed by atoms with Gasteiger partial charge in [0.1, 0.15) is 17.2 Å². The molecule has 0 aliphatic heterocycles. The molecule has 21 heavy (non-hydrogen) atoms. The lowest BCUT2D eigenvalue weighted by molar-refractivity contribution is 0.0821. The number of ketones is 1. The number of carbonyl (C=O) groups excluding carboxylic acids is 1. The van der Waals surface area contributed by atoms with Crippen molar-refractivity contribution in [2.75, 3.05) is 14.2 Å². The van der Waals surface area contributed by atoms with E-state index in [2.05, 4.69) is 0 Å². The summed E-state index contributed by atoms with van der Waals surface area (Å²) in [6.45, 7) is 1.70. The van der Waals surface area contributed by atoms with E-state index in [1.165, 1.54) is 11.3 Å². The largest absolute Gasteiger partial charge is 0.496 e. The lowest BCUT2D eigenvalue weighted by atomic mass is 10.2. The summed E-state index contributed by atoms with van der Waals surface area (Å²) in [4.78, 5) is 12.8. The fourth-order valence-electron chi connectivity index (χ4n) is 1.75. The van der Waals surface area contributed by atoms with Crippen LogP contribution in [0, 0.1) is 0 Å². The highest BCUT2D eigenvalue weighted by atomic mass is 35.5. The number of rotatable bonds is 6. The number of carbonyl (C=O) groups is 1. The maximum absolute atomic E-state index is 12.2. The summed E-state index contributed by atoms with van der Waals surface area (Å²) in [5, 5.41) is 0. The standard InChI is InChI=1S/C15H15ClO4S/c1-9(15(17)13-4-5-14(16)21-13)20-12-7-10(18-2)6-11(8-12)19-3/h4-9H,1-3H3. The summed E-state index contributed by atoms with van der Waals surface area (Å²) in [6.07, 6.45) is -0.628. The first-order valence-electron chi connectivity index (χ1n) is 6.22. The van der Waals surface area contributed by atoms with Crippen LogP contribution in [0.1, 0.15) is 16.6 Å². The van der Waals surface area contributed by atoms with Crippen LogP contribution in [0.3, 0.4) is 0 Å². The van der Waals surface area contributed by atoms with Crippen molar-refractivity contribution in [1.29, 1.82) is 0 Å². The average Bonchev–Trinajstić information content (AvgIpc) is 2.92. The van der Waals surface area contributed by atoms with Crippen LogP contribution in [0.15, 0.2) is 30.3 Å². The quantitative estimate of drug-likeness (QED) is 0.751. The van der Waals surface area contributed by atoms with Crippen molar-refractivity contribution in [2.24, 2.45) is 0 Å². The summed E-state index contributed by atoms with van der Waals surface area (Å²) in [7, 11) is 3.11. The molecular formula is C15H15ClO4S. The summed E-state index contributed by atoms with van der Waals surface area (Å²) < 4.78 is 16.6. The van der Waals surface area contributed by atoms with E-state index in [1.54, 1.807) is 51.5 Å². The normalized spacial score (nSPS) is 11.8. The number of halogens is 1. The van der Waals surface area contributed by atoms with Gasteiger partial charge in [0, 0.05) is 18.2 Å². The van der Waals surface area contributed by atoms with Gasteiger partial charge in [0.15, 0.2) is 6.10 Å². The maximum atomic E-state index is 12.2. The molecule has 4 nitrogen and oxygen atoms in total. The Kier molecular flexibility index (Phi) is 5.09. The van der Waals surface area contributed by atoms with E-state index in [0.717, 1.165) is 0 Å². The Balaban J connectivity index is 2.15. The van der Waals surface area contributed by atoms with Crippen molar-refractivity contribution < 1.29 is 19.0 Å². The van der Waals surface area contributed by atoms with Crippen LogP contribution in [0.25, 0.3) is 0 Å². The Morgan fingerprint density at radius 3 is 2.14 bits per heavy atom. The molecule has 0 bridgehead atoms. The third kappa shape index (κ3) is 3.89. The molecule has 2 aromatic rings. The Labute approximate surface area is 132 Å². The fourth-order valence-corrected chi connectivity index (χ4v) is 2.82. The van der Waals surface area contributed by atoms with Crippen molar-refractivity contribution in [3.05, 3.63) is 39.5 Å². The third-order valence-corrected chi connectivity index (χ3v) is 4.07. The molecule has 0 N–H and O–H groups in total. The predicted octanol–water partition coefficient (Wildman–Crippen LogP) is 4.07. The van der Waals surface area contributed by atoms with Crippen LogP contribution in [0.2, 0.25) is 4.34 Å². The second-order valence-electron chi connectivity index (χ2n) is 4.28. The van der Waals surface area contributed by atoms with E-state index in [1.807, 2.05) is 0 Å². The zero-order valence-corrected chi connectivity index (χ0v) is 13.5. The monoisotopic (exact) mass is 326 g/mol. The SMILES string of the molecule is COc1cc(OC)cc(OC(C)C(=O)c2ccc(Cl)s2)c1. The number of ether oxygens (including phenoxy) is 3. The molecular weight excluding hydrogens is 312 g/mol. The van der Waals surface area contributed by atoms with Gasteiger partial charge in [-0.15, -0.1) is 11.3 Å². The smallest absolute Gasteiger partial charge is 0.212 e. The maximum Gasteiger partial charge on any atom is 0.212 e. The average molecular weight is 327 g/mol. The van der Waals surface area contributed by atoms with Crippen molar-refractivity contribution in [3.8, 4) is 17.2 Å². The highest BCUT2D eigenvalue weighted by Gasteiger charge is 2.19. The van der Waals surface area contributed by atoms with Gasteiger partial charge in [-0.1, -0.05) is 11.6 Å². The molecule has 1 unspecified atom stereocenters. The van der Waals surface area contributed by atoms with Gasteiger partial charge in [0.25, 0.3) is 0 Å². The number of hydrogen-bond donors (Lipinski definition) is 0. The summed E-state index contributed by atoms with van der Waals surface area (Å²) >= 11 is 7.08. The van der Waals surface area contributed by atoms with Gasteiger partial charge in [-0.3, -0.25) is 4.79 Å². The third-order valence-electron chi connectivity index (χ3n) is 2.82. The molecule has 0 aliphatic carbocycles. The second-order valence-corrected chi connectivity index (χ2v) is 5.99. The highest BCUT2D eigenvalue weighted by Crippen LogP contribution is 2.29. The lowest BCUT2D eigenvalue weighted by Crippen LogP contribution is -2.23. The number of thiophene rings is 1. The molecule has 6 heteroatoms. The van der Waals surface area contributed by atoms with Gasteiger partial charge in [0.2, 0.25) is 5.78 Å². The van der Waals surface area contributed by atoms with E-state index in [4.69, 9.17) is 25.8 Å². The van der Waals surface area contributed by atoms with Crippen LogP contribution in [-0.2, 0) is 0 Å². The molecule has 0 radical (unpaired) electrons. The first-order valence-corrected chi connectivity index (χ1v) is 7.42. The van der Waals surface area contributed by atoms with Crippen molar-refractivity contribution in [3.63, 3.8) is 0 Å². The summed E-state index contributed by atoms with van der Waals surface area (Å²) in [5.41, 5.74) is 0. The highest BCUT2D eigenvalue weighted by molar-refractivity contribution is 7.18.